The van der Waals surface area contributed by atoms with Crippen LogP contribution in [-0.2, 0) is 6.54 Å². The van der Waals surface area contributed by atoms with Crippen LogP contribution in [0.5, 0.6) is 11.5 Å². The summed E-state index contributed by atoms with van der Waals surface area (Å²) in [5.74, 6) is 0.711. The van der Waals surface area contributed by atoms with Gasteiger partial charge in [-0.25, -0.2) is 0 Å². The Hall–Kier alpha value is -2.18. The van der Waals surface area contributed by atoms with Gasteiger partial charge in [-0.3, -0.25) is 4.79 Å². The van der Waals surface area contributed by atoms with Gasteiger partial charge in [0.2, 0.25) is 6.79 Å². The van der Waals surface area contributed by atoms with Crippen LogP contribution in [0.4, 0.5) is 13.2 Å². The van der Waals surface area contributed by atoms with E-state index in [1.807, 2.05) is 0 Å². The van der Waals surface area contributed by atoms with Crippen molar-refractivity contribution in [3.8, 4) is 11.5 Å². The van der Waals surface area contributed by atoms with Crippen molar-refractivity contribution in [2.45, 2.75) is 12.7 Å². The first-order chi connectivity index (χ1) is 8.94. The van der Waals surface area contributed by atoms with Crippen molar-refractivity contribution >= 4 is 10.9 Å². The predicted octanol–water partition coefficient (Wildman–Crippen LogP) is 2.29. The lowest BCUT2D eigenvalue weighted by atomic mass is 10.2. The molecule has 2 heterocycles. The third-order valence-electron chi connectivity index (χ3n) is 2.82. The lowest BCUT2D eigenvalue weighted by Crippen LogP contribution is -2.19. The molecular weight excluding hydrogens is 263 g/mol. The molecule has 0 saturated heterocycles. The average Bonchev–Trinajstić information content (AvgIpc) is 2.77. The summed E-state index contributed by atoms with van der Waals surface area (Å²) in [6, 6.07) is 3.91. The Labute approximate surface area is 105 Å². The third kappa shape index (κ3) is 2.11. The van der Waals surface area contributed by atoms with Crippen molar-refractivity contribution in [3.63, 3.8) is 0 Å². The topological polar surface area (TPSA) is 40.5 Å². The van der Waals surface area contributed by atoms with Gasteiger partial charge in [0.05, 0.1) is 5.52 Å². The molecule has 0 N–H and O–H groups in total. The van der Waals surface area contributed by atoms with Crippen molar-refractivity contribution < 1.29 is 22.6 Å². The molecule has 4 nitrogen and oxygen atoms in total. The minimum absolute atomic E-state index is 0.000876. The standard InChI is InChI=1S/C12H8F3NO3/c13-12(14,15)5-16-2-1-9(17)7-3-10-11(4-8(7)16)19-6-18-10/h1-4H,5-6H2. The van der Waals surface area contributed by atoms with Crippen LogP contribution in [-0.4, -0.2) is 17.5 Å². The van der Waals surface area contributed by atoms with Crippen LogP contribution in [0.3, 0.4) is 0 Å². The van der Waals surface area contributed by atoms with Gasteiger partial charge in [-0.05, 0) is 6.07 Å². The number of fused-ring (bicyclic) bond motifs is 2. The maximum Gasteiger partial charge on any atom is 0.406 e. The molecule has 0 amide bonds. The van der Waals surface area contributed by atoms with Gasteiger partial charge >= 0.3 is 6.18 Å². The molecule has 2 aromatic rings. The van der Waals surface area contributed by atoms with Crippen LogP contribution in [0, 0.1) is 0 Å². The summed E-state index contributed by atoms with van der Waals surface area (Å²) in [5, 5.41) is 0.177. The summed E-state index contributed by atoms with van der Waals surface area (Å²) >= 11 is 0. The lowest BCUT2D eigenvalue weighted by Gasteiger charge is -2.13. The van der Waals surface area contributed by atoms with E-state index in [9.17, 15) is 18.0 Å². The zero-order valence-corrected chi connectivity index (χ0v) is 9.53. The van der Waals surface area contributed by atoms with Gasteiger partial charge in [0.15, 0.2) is 16.9 Å². The predicted molar refractivity (Wildman–Crippen MR) is 60.4 cm³/mol. The molecular formula is C12H8F3NO3. The van der Waals surface area contributed by atoms with Crippen molar-refractivity contribution in [3.05, 3.63) is 34.6 Å². The van der Waals surface area contributed by atoms with Crippen molar-refractivity contribution in [2.24, 2.45) is 0 Å². The van der Waals surface area contributed by atoms with E-state index in [0.29, 0.717) is 11.5 Å². The molecule has 1 aromatic carbocycles. The smallest absolute Gasteiger partial charge is 0.406 e. The van der Waals surface area contributed by atoms with Crippen LogP contribution in [0.15, 0.2) is 29.2 Å². The SMILES string of the molecule is O=c1ccn(CC(F)(F)F)c2cc3c(cc12)OCO3. The maximum absolute atomic E-state index is 12.5. The van der Waals surface area contributed by atoms with Crippen molar-refractivity contribution in [1.82, 2.24) is 4.57 Å². The van der Waals surface area contributed by atoms with Gasteiger partial charge in [0.1, 0.15) is 6.54 Å². The van der Waals surface area contributed by atoms with E-state index in [1.165, 1.54) is 12.1 Å². The molecule has 1 aromatic heterocycles. The fourth-order valence-corrected chi connectivity index (χ4v) is 2.03. The Kier molecular flexibility index (Phi) is 2.44. The Morgan fingerprint density at radius 3 is 2.58 bits per heavy atom. The zero-order chi connectivity index (χ0) is 13.6. The first-order valence-corrected chi connectivity index (χ1v) is 5.43. The number of ether oxygens (including phenoxy) is 2. The van der Waals surface area contributed by atoms with E-state index in [4.69, 9.17) is 9.47 Å². The number of rotatable bonds is 1. The molecule has 19 heavy (non-hydrogen) atoms. The Morgan fingerprint density at radius 2 is 1.89 bits per heavy atom. The molecule has 0 fully saturated rings. The summed E-state index contributed by atoms with van der Waals surface area (Å²) in [7, 11) is 0. The molecule has 0 unspecified atom stereocenters. The Balaban J connectivity index is 2.24. The number of aromatic nitrogens is 1. The van der Waals surface area contributed by atoms with E-state index in [2.05, 4.69) is 0 Å². The monoisotopic (exact) mass is 271 g/mol. The Bertz CT molecular complexity index is 706. The second kappa shape index (κ2) is 3.91. The van der Waals surface area contributed by atoms with E-state index in [1.54, 1.807) is 0 Å². The molecule has 0 radical (unpaired) electrons. The molecule has 3 rings (SSSR count). The summed E-state index contributed by atoms with van der Waals surface area (Å²) in [6.07, 6.45) is -3.24. The van der Waals surface area contributed by atoms with Crippen LogP contribution in [0.25, 0.3) is 10.9 Å². The van der Waals surface area contributed by atoms with Gasteiger partial charge < -0.3 is 14.0 Å². The highest BCUT2D eigenvalue weighted by Gasteiger charge is 2.28. The number of alkyl halides is 3. The van der Waals surface area contributed by atoms with Gasteiger partial charge in [-0.1, -0.05) is 0 Å². The Morgan fingerprint density at radius 1 is 1.21 bits per heavy atom. The molecule has 0 aliphatic carbocycles. The second-order valence-electron chi connectivity index (χ2n) is 4.15. The number of benzene rings is 1. The normalized spacial score (nSPS) is 14.1. The summed E-state index contributed by atoms with van der Waals surface area (Å²) < 4.78 is 48.7. The molecule has 0 atom stereocenters. The van der Waals surface area contributed by atoms with E-state index < -0.39 is 12.7 Å². The first kappa shape index (κ1) is 11.9. The highest BCUT2D eigenvalue weighted by atomic mass is 19.4. The van der Waals surface area contributed by atoms with Gasteiger partial charge in [0, 0.05) is 23.7 Å². The van der Waals surface area contributed by atoms with E-state index in [-0.39, 0.29) is 23.1 Å². The fourth-order valence-electron chi connectivity index (χ4n) is 2.03. The third-order valence-corrected chi connectivity index (χ3v) is 2.82. The molecule has 0 saturated carbocycles. The summed E-state index contributed by atoms with van der Waals surface area (Å²) in [5.41, 5.74) is -0.180. The van der Waals surface area contributed by atoms with Gasteiger partial charge in [-0.15, -0.1) is 0 Å². The molecule has 1 aliphatic heterocycles. The molecule has 1 aliphatic rings. The number of nitrogens with zero attached hydrogens (tertiary/aromatic N) is 1. The summed E-state index contributed by atoms with van der Waals surface area (Å²) in [4.78, 5) is 11.7. The molecule has 0 spiro atoms. The minimum atomic E-state index is -4.36. The minimum Gasteiger partial charge on any atom is -0.454 e. The van der Waals surface area contributed by atoms with Gasteiger partial charge in [0.25, 0.3) is 0 Å². The van der Waals surface area contributed by atoms with Crippen molar-refractivity contribution in [2.75, 3.05) is 6.79 Å². The van der Waals surface area contributed by atoms with E-state index >= 15 is 0 Å². The highest BCUT2D eigenvalue weighted by Crippen LogP contribution is 2.35. The second-order valence-corrected chi connectivity index (χ2v) is 4.15. The zero-order valence-electron chi connectivity index (χ0n) is 9.53. The number of hydrogen-bond acceptors (Lipinski definition) is 3. The first-order valence-electron chi connectivity index (χ1n) is 5.43. The quantitative estimate of drug-likeness (QED) is 0.799. The molecule has 0 bridgehead atoms. The van der Waals surface area contributed by atoms with Gasteiger partial charge in [-0.2, -0.15) is 13.2 Å². The van der Waals surface area contributed by atoms with Crippen LogP contribution >= 0.6 is 0 Å². The molecule has 100 valence electrons. The van der Waals surface area contributed by atoms with Crippen LogP contribution < -0.4 is 14.9 Å². The van der Waals surface area contributed by atoms with E-state index in [0.717, 1.165) is 16.8 Å². The number of hydrogen-bond donors (Lipinski definition) is 0. The lowest BCUT2D eigenvalue weighted by molar-refractivity contribution is -0.139. The fraction of sp³-hybridized carbons (Fsp3) is 0.250. The van der Waals surface area contributed by atoms with Crippen molar-refractivity contribution in [1.29, 1.82) is 0 Å². The van der Waals surface area contributed by atoms with Crippen LogP contribution in [0.1, 0.15) is 0 Å². The largest absolute Gasteiger partial charge is 0.454 e. The average molecular weight is 271 g/mol. The summed E-state index contributed by atoms with van der Waals surface area (Å²) in [6.45, 7) is -1.16. The van der Waals surface area contributed by atoms with Crippen LogP contribution in [0.2, 0.25) is 0 Å². The maximum atomic E-state index is 12.5. The number of halogens is 3. The molecule has 7 heteroatoms. The highest BCUT2D eigenvalue weighted by molar-refractivity contribution is 5.83. The number of pyridine rings is 1.